The SMILES string of the molecule is Cc1nn2c(=O)cc(CSc3nc4ccccc4c(=O)n3CCN(C(C)C)C(C)C)nc2s1. The van der Waals surface area contributed by atoms with Gasteiger partial charge in [0.05, 0.1) is 16.6 Å². The summed E-state index contributed by atoms with van der Waals surface area (Å²) in [6.45, 7) is 11.8. The second-order valence-electron chi connectivity index (χ2n) is 8.48. The van der Waals surface area contributed by atoms with E-state index in [2.05, 4.69) is 42.7 Å². The van der Waals surface area contributed by atoms with E-state index in [-0.39, 0.29) is 11.1 Å². The molecule has 0 saturated heterocycles. The van der Waals surface area contributed by atoms with E-state index >= 15 is 0 Å². The summed E-state index contributed by atoms with van der Waals surface area (Å²) in [6, 6.07) is 9.67. The minimum Gasteiger partial charge on any atom is -0.297 e. The first-order valence-corrected chi connectivity index (χ1v) is 12.8. The Morgan fingerprint density at radius 2 is 1.82 bits per heavy atom. The van der Waals surface area contributed by atoms with Crippen LogP contribution in [0.25, 0.3) is 15.9 Å². The lowest BCUT2D eigenvalue weighted by molar-refractivity contribution is 0.166. The van der Waals surface area contributed by atoms with Gasteiger partial charge in [0.2, 0.25) is 4.96 Å². The van der Waals surface area contributed by atoms with Crippen LogP contribution < -0.4 is 11.1 Å². The van der Waals surface area contributed by atoms with Gasteiger partial charge < -0.3 is 0 Å². The summed E-state index contributed by atoms with van der Waals surface area (Å²) in [5.41, 5.74) is 1.08. The first kappa shape index (κ1) is 23.6. The molecule has 3 aromatic heterocycles. The molecule has 0 spiro atoms. The summed E-state index contributed by atoms with van der Waals surface area (Å²) in [5.74, 6) is 0.436. The van der Waals surface area contributed by atoms with Gasteiger partial charge in [-0.05, 0) is 46.8 Å². The predicted molar refractivity (Wildman–Crippen MR) is 134 cm³/mol. The lowest BCUT2D eigenvalue weighted by Gasteiger charge is -2.30. The molecule has 8 nitrogen and oxygen atoms in total. The maximum atomic E-state index is 13.4. The summed E-state index contributed by atoms with van der Waals surface area (Å²) < 4.78 is 3.08. The molecule has 0 unspecified atom stereocenters. The fraction of sp³-hybridized carbons (Fsp3) is 0.435. The normalized spacial score (nSPS) is 12.1. The Labute approximate surface area is 200 Å². The molecule has 3 heterocycles. The quantitative estimate of drug-likeness (QED) is 0.279. The Kier molecular flexibility index (Phi) is 6.96. The molecule has 0 amide bonds. The molecular formula is C23H28N6O2S2. The van der Waals surface area contributed by atoms with Crippen molar-refractivity contribution in [2.24, 2.45) is 0 Å². The van der Waals surface area contributed by atoms with Crippen molar-refractivity contribution in [3.05, 3.63) is 61.7 Å². The molecule has 4 aromatic rings. The van der Waals surface area contributed by atoms with Crippen LogP contribution in [0.4, 0.5) is 0 Å². The molecule has 0 radical (unpaired) electrons. The summed E-state index contributed by atoms with van der Waals surface area (Å²) in [4.78, 5) is 38.1. The molecule has 0 fully saturated rings. The number of para-hydroxylation sites is 1. The van der Waals surface area contributed by atoms with Crippen LogP contribution in [0.15, 0.2) is 45.1 Å². The van der Waals surface area contributed by atoms with Gasteiger partial charge in [0, 0.05) is 37.0 Å². The van der Waals surface area contributed by atoms with E-state index < -0.39 is 0 Å². The molecule has 0 atom stereocenters. The second kappa shape index (κ2) is 9.74. The van der Waals surface area contributed by atoms with Crippen molar-refractivity contribution < 1.29 is 0 Å². The molecule has 0 N–H and O–H groups in total. The number of hydrogen-bond donors (Lipinski definition) is 0. The second-order valence-corrected chi connectivity index (χ2v) is 10.6. The molecule has 0 aliphatic rings. The first-order chi connectivity index (χ1) is 15.7. The Balaban J connectivity index is 1.67. The number of rotatable bonds is 8. The molecule has 0 saturated carbocycles. The number of thioether (sulfide) groups is 1. The molecule has 33 heavy (non-hydrogen) atoms. The zero-order chi connectivity index (χ0) is 23.7. The third kappa shape index (κ3) is 5.02. The summed E-state index contributed by atoms with van der Waals surface area (Å²) in [5, 5.41) is 6.22. The third-order valence-electron chi connectivity index (χ3n) is 5.48. The molecular weight excluding hydrogens is 456 g/mol. The molecule has 4 rings (SSSR count). The van der Waals surface area contributed by atoms with Crippen LogP contribution in [0.3, 0.4) is 0 Å². The molecule has 10 heteroatoms. The maximum absolute atomic E-state index is 13.4. The van der Waals surface area contributed by atoms with Crippen LogP contribution in [0.5, 0.6) is 0 Å². The number of fused-ring (bicyclic) bond motifs is 2. The van der Waals surface area contributed by atoms with Crippen molar-refractivity contribution in [2.75, 3.05) is 6.54 Å². The largest absolute Gasteiger partial charge is 0.297 e. The smallest absolute Gasteiger partial charge is 0.275 e. The standard InChI is InChI=1S/C23H28N6O2S2/c1-14(2)27(15(3)4)10-11-28-21(31)18-8-6-7-9-19(18)25-22(28)32-13-17-12-20(30)29-23(24-17)33-16(5)26-29/h6-9,12,14-15H,10-11,13H2,1-5H3. The number of nitrogens with zero attached hydrogens (tertiary/aromatic N) is 6. The Morgan fingerprint density at radius 3 is 2.55 bits per heavy atom. The van der Waals surface area contributed by atoms with Crippen LogP contribution in [0.2, 0.25) is 0 Å². The third-order valence-corrected chi connectivity index (χ3v) is 7.32. The van der Waals surface area contributed by atoms with Crippen LogP contribution in [0.1, 0.15) is 38.4 Å². The van der Waals surface area contributed by atoms with Crippen molar-refractivity contribution >= 4 is 39.0 Å². The fourth-order valence-corrected chi connectivity index (χ4v) is 5.63. The van der Waals surface area contributed by atoms with E-state index in [4.69, 9.17) is 4.98 Å². The lowest BCUT2D eigenvalue weighted by atomic mass is 10.2. The van der Waals surface area contributed by atoms with Crippen LogP contribution in [-0.4, -0.2) is 47.7 Å². The van der Waals surface area contributed by atoms with E-state index in [1.54, 1.807) is 4.57 Å². The predicted octanol–water partition coefficient (Wildman–Crippen LogP) is 3.58. The minimum atomic E-state index is -0.201. The zero-order valence-electron chi connectivity index (χ0n) is 19.5. The zero-order valence-corrected chi connectivity index (χ0v) is 21.1. The highest BCUT2D eigenvalue weighted by Crippen LogP contribution is 2.22. The fourth-order valence-electron chi connectivity index (χ4n) is 3.95. The summed E-state index contributed by atoms with van der Waals surface area (Å²) in [6.07, 6.45) is 0. The van der Waals surface area contributed by atoms with Crippen molar-refractivity contribution in [1.82, 2.24) is 29.0 Å². The van der Waals surface area contributed by atoms with E-state index in [0.29, 0.717) is 51.1 Å². The lowest BCUT2D eigenvalue weighted by Crippen LogP contribution is -2.40. The number of benzene rings is 1. The van der Waals surface area contributed by atoms with E-state index in [9.17, 15) is 9.59 Å². The van der Waals surface area contributed by atoms with Gasteiger partial charge in [0.25, 0.3) is 11.1 Å². The highest BCUT2D eigenvalue weighted by molar-refractivity contribution is 7.98. The van der Waals surface area contributed by atoms with Crippen LogP contribution >= 0.6 is 23.1 Å². The summed E-state index contributed by atoms with van der Waals surface area (Å²) >= 11 is 2.81. The van der Waals surface area contributed by atoms with Crippen LogP contribution in [-0.2, 0) is 12.3 Å². The van der Waals surface area contributed by atoms with E-state index in [1.165, 1.54) is 33.7 Å². The number of hydrogen-bond acceptors (Lipinski definition) is 8. The van der Waals surface area contributed by atoms with Crippen LogP contribution in [0, 0.1) is 6.92 Å². The molecule has 0 aliphatic carbocycles. The highest BCUT2D eigenvalue weighted by atomic mass is 32.2. The maximum Gasteiger partial charge on any atom is 0.275 e. The van der Waals surface area contributed by atoms with Crippen molar-refractivity contribution in [3.8, 4) is 0 Å². The Bertz CT molecular complexity index is 1400. The van der Waals surface area contributed by atoms with Gasteiger partial charge in [-0.25, -0.2) is 9.97 Å². The van der Waals surface area contributed by atoms with Crippen molar-refractivity contribution in [2.45, 2.75) is 64.2 Å². The monoisotopic (exact) mass is 484 g/mol. The van der Waals surface area contributed by atoms with Gasteiger partial charge in [0.1, 0.15) is 5.01 Å². The molecule has 0 aliphatic heterocycles. The Hall–Kier alpha value is -2.56. The van der Waals surface area contributed by atoms with Gasteiger partial charge in [-0.2, -0.15) is 9.61 Å². The van der Waals surface area contributed by atoms with Gasteiger partial charge >= 0.3 is 0 Å². The van der Waals surface area contributed by atoms with Crippen molar-refractivity contribution in [1.29, 1.82) is 0 Å². The van der Waals surface area contributed by atoms with E-state index in [0.717, 1.165) is 11.6 Å². The summed E-state index contributed by atoms with van der Waals surface area (Å²) in [7, 11) is 0. The van der Waals surface area contributed by atoms with Gasteiger partial charge in [0.15, 0.2) is 5.16 Å². The van der Waals surface area contributed by atoms with Crippen molar-refractivity contribution in [3.63, 3.8) is 0 Å². The Morgan fingerprint density at radius 1 is 1.09 bits per heavy atom. The van der Waals surface area contributed by atoms with E-state index in [1.807, 2.05) is 31.2 Å². The first-order valence-electron chi connectivity index (χ1n) is 11.0. The molecule has 1 aromatic carbocycles. The number of aromatic nitrogens is 5. The minimum absolute atomic E-state index is 0.0443. The molecule has 174 valence electrons. The van der Waals surface area contributed by atoms with Gasteiger partial charge in [-0.15, -0.1) is 0 Å². The average Bonchev–Trinajstić information content (AvgIpc) is 3.14. The van der Waals surface area contributed by atoms with Gasteiger partial charge in [-0.3, -0.25) is 19.1 Å². The number of aryl methyl sites for hydroxylation is 1. The topological polar surface area (TPSA) is 85.4 Å². The highest BCUT2D eigenvalue weighted by Gasteiger charge is 2.17. The average molecular weight is 485 g/mol. The molecule has 0 bridgehead atoms. The van der Waals surface area contributed by atoms with Gasteiger partial charge in [-0.1, -0.05) is 35.2 Å².